The first-order chi connectivity index (χ1) is 14.4. The molecule has 0 aliphatic heterocycles. The number of nitro groups is 1. The van der Waals surface area contributed by atoms with Crippen molar-refractivity contribution >= 4 is 65.0 Å². The molecule has 8 nitrogen and oxygen atoms in total. The van der Waals surface area contributed by atoms with Crippen LogP contribution in [-0.4, -0.2) is 30.0 Å². The van der Waals surface area contributed by atoms with Crippen molar-refractivity contribution in [2.45, 2.75) is 0 Å². The predicted molar refractivity (Wildman–Crippen MR) is 119 cm³/mol. The molecule has 0 saturated heterocycles. The number of aromatic nitrogens is 1. The number of hydrogen-bond acceptors (Lipinski definition) is 7. The van der Waals surface area contributed by atoms with Crippen molar-refractivity contribution < 1.29 is 19.2 Å². The van der Waals surface area contributed by atoms with Crippen LogP contribution < -0.4 is 14.8 Å². The van der Waals surface area contributed by atoms with Gasteiger partial charge in [-0.25, -0.2) is 4.98 Å². The molecule has 1 amide bonds. The van der Waals surface area contributed by atoms with Crippen LogP contribution in [0, 0.1) is 10.1 Å². The number of amides is 1. The smallest absolute Gasteiger partial charge is 0.274 e. The molecule has 1 N–H and O–H groups in total. The van der Waals surface area contributed by atoms with Crippen LogP contribution in [0.5, 0.6) is 11.5 Å². The van der Waals surface area contributed by atoms with E-state index in [0.29, 0.717) is 31.1 Å². The van der Waals surface area contributed by atoms with Crippen molar-refractivity contribution in [3.63, 3.8) is 0 Å². The topological polar surface area (TPSA) is 104 Å². The Hall–Kier alpha value is -3.24. The number of nitrogens with one attached hydrogen (secondary N) is 1. The van der Waals surface area contributed by atoms with E-state index in [1.54, 1.807) is 6.07 Å². The van der Waals surface area contributed by atoms with Crippen LogP contribution in [0.1, 0.15) is 10.4 Å². The summed E-state index contributed by atoms with van der Waals surface area (Å²) in [4.78, 5) is 28.0. The van der Waals surface area contributed by atoms with Crippen molar-refractivity contribution in [3.8, 4) is 11.5 Å². The van der Waals surface area contributed by atoms with E-state index in [0.717, 1.165) is 22.1 Å². The molecule has 0 unspecified atom stereocenters. The van der Waals surface area contributed by atoms with Crippen LogP contribution >= 0.6 is 27.3 Å². The predicted octanol–water partition coefficient (Wildman–Crippen LogP) is 5.39. The molecule has 1 heterocycles. The van der Waals surface area contributed by atoms with Gasteiger partial charge in [-0.1, -0.05) is 35.6 Å². The lowest BCUT2D eigenvalue weighted by molar-refractivity contribution is -0.384. The number of methoxy groups -OCH3 is 2. The van der Waals surface area contributed by atoms with Gasteiger partial charge in [0.25, 0.3) is 11.6 Å². The Balaban J connectivity index is 1.75. The maximum absolute atomic E-state index is 13.0. The fraction of sp³-hybridized carbons (Fsp3) is 0.100. The van der Waals surface area contributed by atoms with E-state index >= 15 is 0 Å². The van der Waals surface area contributed by atoms with Crippen LogP contribution in [0.2, 0.25) is 0 Å². The summed E-state index contributed by atoms with van der Waals surface area (Å²) in [5.74, 6) is 0.258. The van der Waals surface area contributed by atoms with Gasteiger partial charge in [-0.3, -0.25) is 20.2 Å². The minimum atomic E-state index is -0.503. The molecule has 3 aromatic carbocycles. The lowest BCUT2D eigenvalue weighted by atomic mass is 10.1. The minimum Gasteiger partial charge on any atom is -0.495 e. The number of halogens is 1. The van der Waals surface area contributed by atoms with E-state index in [2.05, 4.69) is 26.2 Å². The molecular weight excluding hydrogens is 474 g/mol. The fourth-order valence-corrected chi connectivity index (χ4v) is 4.76. The maximum atomic E-state index is 13.0. The second-order valence-corrected chi connectivity index (χ2v) is 8.04. The third kappa shape index (κ3) is 3.44. The molecule has 0 atom stereocenters. The second-order valence-electron chi connectivity index (χ2n) is 6.22. The van der Waals surface area contributed by atoms with Gasteiger partial charge in [-0.05, 0) is 32.8 Å². The summed E-state index contributed by atoms with van der Waals surface area (Å²) < 4.78 is 11.9. The van der Waals surface area contributed by atoms with Crippen LogP contribution in [0.15, 0.2) is 46.9 Å². The van der Waals surface area contributed by atoms with E-state index in [9.17, 15) is 14.9 Å². The fourth-order valence-electron chi connectivity index (χ4n) is 3.12. The average Bonchev–Trinajstić information content (AvgIpc) is 3.15. The number of benzene rings is 3. The van der Waals surface area contributed by atoms with Gasteiger partial charge in [0.15, 0.2) is 10.9 Å². The first-order valence-corrected chi connectivity index (χ1v) is 10.2. The lowest BCUT2D eigenvalue weighted by Crippen LogP contribution is -2.13. The number of anilines is 1. The van der Waals surface area contributed by atoms with Gasteiger partial charge in [0, 0.05) is 6.07 Å². The van der Waals surface area contributed by atoms with Crippen LogP contribution in [0.4, 0.5) is 10.8 Å². The number of carbonyl (C=O) groups excluding carboxylic acids is 1. The normalized spacial score (nSPS) is 10.9. The molecule has 0 aliphatic rings. The summed E-state index contributed by atoms with van der Waals surface area (Å²) in [5.41, 5.74) is 0.663. The zero-order valence-electron chi connectivity index (χ0n) is 15.8. The summed E-state index contributed by atoms with van der Waals surface area (Å²) in [7, 11) is 2.90. The summed E-state index contributed by atoms with van der Waals surface area (Å²) in [6.07, 6.45) is 0. The van der Waals surface area contributed by atoms with E-state index < -0.39 is 10.8 Å². The molecule has 0 saturated carbocycles. The Morgan fingerprint density at radius 2 is 1.97 bits per heavy atom. The van der Waals surface area contributed by atoms with Gasteiger partial charge in [0.05, 0.1) is 39.9 Å². The number of non-ortho nitro benzene ring substituents is 1. The van der Waals surface area contributed by atoms with Crippen LogP contribution in [-0.2, 0) is 0 Å². The zero-order chi connectivity index (χ0) is 21.4. The number of rotatable bonds is 5. The molecule has 1 aromatic heterocycles. The third-order valence-corrected chi connectivity index (χ3v) is 6.19. The molecular formula is C20H14BrN3O5S. The number of carbonyl (C=O) groups is 1. The number of thiazole rings is 1. The number of ether oxygens (including phenoxy) is 2. The number of nitro benzene ring substituents is 1. The maximum Gasteiger partial charge on any atom is 0.274 e. The minimum absolute atomic E-state index is 0.110. The van der Waals surface area contributed by atoms with Gasteiger partial charge in [-0.15, -0.1) is 0 Å². The molecule has 0 spiro atoms. The molecule has 30 heavy (non-hydrogen) atoms. The number of hydrogen-bond donors (Lipinski definition) is 1. The molecule has 152 valence electrons. The van der Waals surface area contributed by atoms with E-state index in [1.807, 2.05) is 24.3 Å². The Labute approximate surface area is 182 Å². The largest absolute Gasteiger partial charge is 0.495 e. The van der Waals surface area contributed by atoms with Gasteiger partial charge in [0.1, 0.15) is 11.3 Å². The summed E-state index contributed by atoms with van der Waals surface area (Å²) in [6, 6.07) is 12.1. The van der Waals surface area contributed by atoms with Crippen LogP contribution in [0.3, 0.4) is 0 Å². The number of nitrogens with zero attached hydrogens (tertiary/aromatic N) is 2. The van der Waals surface area contributed by atoms with E-state index in [-0.39, 0.29) is 11.4 Å². The average molecular weight is 488 g/mol. The SMILES string of the molecule is COc1c(C(=O)Nc2nc3c(OC)cc([N+](=O)[O-])cc3s2)cc2ccccc2c1Br. The quantitative estimate of drug-likeness (QED) is 0.299. The highest BCUT2D eigenvalue weighted by Crippen LogP contribution is 2.39. The van der Waals surface area contributed by atoms with Crippen LogP contribution in [0.25, 0.3) is 21.0 Å². The van der Waals surface area contributed by atoms with Crippen molar-refractivity contribution in [1.29, 1.82) is 0 Å². The second kappa shape index (κ2) is 7.88. The monoisotopic (exact) mass is 487 g/mol. The lowest BCUT2D eigenvalue weighted by Gasteiger charge is -2.12. The van der Waals surface area contributed by atoms with Gasteiger partial charge >= 0.3 is 0 Å². The Morgan fingerprint density at radius 3 is 2.67 bits per heavy atom. The van der Waals surface area contributed by atoms with E-state index in [1.165, 1.54) is 26.4 Å². The van der Waals surface area contributed by atoms with Crippen molar-refractivity contribution in [3.05, 3.63) is 62.6 Å². The first-order valence-electron chi connectivity index (χ1n) is 8.62. The summed E-state index contributed by atoms with van der Waals surface area (Å²) in [6.45, 7) is 0. The molecule has 4 aromatic rings. The van der Waals surface area contributed by atoms with Crippen molar-refractivity contribution in [2.75, 3.05) is 19.5 Å². The van der Waals surface area contributed by atoms with Crippen molar-refractivity contribution in [1.82, 2.24) is 4.98 Å². The van der Waals surface area contributed by atoms with Gasteiger partial charge in [-0.2, -0.15) is 0 Å². The third-order valence-electron chi connectivity index (χ3n) is 4.49. The highest BCUT2D eigenvalue weighted by atomic mass is 79.9. The molecule has 4 rings (SSSR count). The molecule has 0 aliphatic carbocycles. The Bertz CT molecular complexity index is 1320. The molecule has 10 heteroatoms. The number of fused-ring (bicyclic) bond motifs is 2. The first kappa shape index (κ1) is 20.0. The van der Waals surface area contributed by atoms with Crippen molar-refractivity contribution in [2.24, 2.45) is 0 Å². The molecule has 0 fully saturated rings. The Morgan fingerprint density at radius 1 is 1.20 bits per heavy atom. The molecule has 0 radical (unpaired) electrons. The highest BCUT2D eigenvalue weighted by molar-refractivity contribution is 9.10. The molecule has 0 bridgehead atoms. The highest BCUT2D eigenvalue weighted by Gasteiger charge is 2.21. The summed E-state index contributed by atoms with van der Waals surface area (Å²) in [5, 5.41) is 16.0. The zero-order valence-corrected chi connectivity index (χ0v) is 18.2. The Kier molecular flexibility index (Phi) is 5.27. The standard InChI is InChI=1S/C20H14BrN3O5S/c1-28-14-8-11(24(26)27)9-15-17(14)22-20(30-15)23-19(25)13-7-10-5-3-4-6-12(10)16(21)18(13)29-2/h3-9H,1-2H3,(H,22,23,25). The van der Waals surface area contributed by atoms with E-state index in [4.69, 9.17) is 9.47 Å². The van der Waals surface area contributed by atoms with Gasteiger partial charge < -0.3 is 9.47 Å². The van der Waals surface area contributed by atoms with Gasteiger partial charge in [0.2, 0.25) is 0 Å². The summed E-state index contributed by atoms with van der Waals surface area (Å²) >= 11 is 4.64.